The van der Waals surface area contributed by atoms with Gasteiger partial charge in [0.2, 0.25) is 4.96 Å². The van der Waals surface area contributed by atoms with Crippen LogP contribution in [0, 0.1) is 0 Å². The first-order valence-corrected chi connectivity index (χ1v) is 10.0. The fraction of sp³-hybridized carbons (Fsp3) is 0. The van der Waals surface area contributed by atoms with Crippen molar-refractivity contribution in [3.63, 3.8) is 0 Å². The molecule has 5 rings (SSSR count). The van der Waals surface area contributed by atoms with Crippen LogP contribution in [0.2, 0.25) is 10.0 Å². The molecule has 0 unspecified atom stereocenters. The summed E-state index contributed by atoms with van der Waals surface area (Å²) in [5.74, 6) is 1.52. The van der Waals surface area contributed by atoms with Gasteiger partial charge in [-0.25, -0.2) is 0 Å². The number of hydrogen-bond acceptors (Lipinski definition) is 6. The van der Waals surface area contributed by atoms with E-state index in [1.54, 1.807) is 60.9 Å². The fourth-order valence-electron chi connectivity index (χ4n) is 2.88. The highest BCUT2D eigenvalue weighted by Gasteiger charge is 2.14. The van der Waals surface area contributed by atoms with E-state index < -0.39 is 0 Å². The maximum atomic E-state index is 12.7. The molecule has 0 saturated heterocycles. The lowest BCUT2D eigenvalue weighted by atomic mass is 10.2. The van der Waals surface area contributed by atoms with Crippen molar-refractivity contribution >= 4 is 45.6 Å². The lowest BCUT2D eigenvalue weighted by Crippen LogP contribution is -2.23. The molecule has 0 fully saturated rings. The number of aromatic nitrogens is 4. The second-order valence-electron chi connectivity index (χ2n) is 6.08. The molecule has 29 heavy (non-hydrogen) atoms. The molecule has 1 aromatic carbocycles. The Morgan fingerprint density at radius 3 is 2.52 bits per heavy atom. The molecule has 0 amide bonds. The number of halogens is 2. The van der Waals surface area contributed by atoms with Gasteiger partial charge in [0.25, 0.3) is 5.56 Å². The van der Waals surface area contributed by atoms with Gasteiger partial charge in [0, 0.05) is 24.0 Å². The van der Waals surface area contributed by atoms with E-state index in [2.05, 4.69) is 15.1 Å². The summed E-state index contributed by atoms with van der Waals surface area (Å²) in [4.78, 5) is 21.6. The SMILES string of the molecule is O=c1/c(=C/c2ccc(-c3c(Cl)cccc3Cl)o2)sc2nc(-c3ccncc3)nn12. The topological polar surface area (TPSA) is 73.3 Å². The van der Waals surface area contributed by atoms with Gasteiger partial charge in [-0.2, -0.15) is 9.50 Å². The fourth-order valence-corrected chi connectivity index (χ4v) is 4.36. The third-order valence-electron chi connectivity index (χ3n) is 4.23. The molecule has 4 heterocycles. The van der Waals surface area contributed by atoms with Crippen molar-refractivity contribution in [2.45, 2.75) is 0 Å². The van der Waals surface area contributed by atoms with Crippen LogP contribution < -0.4 is 10.1 Å². The standard InChI is InChI=1S/C20H10Cl2N4O2S/c21-13-2-1-3-14(22)17(13)15-5-4-12(28-15)10-16-19(27)26-20(29-16)24-18(25-26)11-6-8-23-9-7-11/h1-10H/b16-10-. The molecular formula is C20H10Cl2N4O2S. The monoisotopic (exact) mass is 440 g/mol. The number of furan rings is 1. The summed E-state index contributed by atoms with van der Waals surface area (Å²) in [6.07, 6.45) is 4.97. The minimum Gasteiger partial charge on any atom is -0.457 e. The summed E-state index contributed by atoms with van der Waals surface area (Å²) in [7, 11) is 0. The number of fused-ring (bicyclic) bond motifs is 1. The predicted molar refractivity (Wildman–Crippen MR) is 113 cm³/mol. The Morgan fingerprint density at radius 2 is 1.79 bits per heavy atom. The molecule has 0 bridgehead atoms. The molecule has 0 aliphatic heterocycles. The Balaban J connectivity index is 1.55. The summed E-state index contributed by atoms with van der Waals surface area (Å²) in [6.45, 7) is 0. The summed E-state index contributed by atoms with van der Waals surface area (Å²) in [5.41, 5.74) is 1.15. The van der Waals surface area contributed by atoms with E-state index in [0.29, 0.717) is 42.4 Å². The Labute approximate surface area is 177 Å². The maximum absolute atomic E-state index is 12.7. The first kappa shape index (κ1) is 18.1. The molecule has 0 N–H and O–H groups in total. The number of thiazole rings is 1. The number of pyridine rings is 1. The van der Waals surface area contributed by atoms with Gasteiger partial charge in [-0.3, -0.25) is 9.78 Å². The lowest BCUT2D eigenvalue weighted by molar-refractivity contribution is 0.571. The molecule has 9 heteroatoms. The Bertz CT molecular complexity index is 1440. The van der Waals surface area contributed by atoms with E-state index >= 15 is 0 Å². The quantitative estimate of drug-likeness (QED) is 0.417. The number of benzene rings is 1. The summed E-state index contributed by atoms with van der Waals surface area (Å²) in [6, 6.07) is 12.4. The van der Waals surface area contributed by atoms with E-state index in [9.17, 15) is 4.79 Å². The van der Waals surface area contributed by atoms with Gasteiger partial charge in [-0.15, -0.1) is 5.10 Å². The molecule has 5 aromatic rings. The zero-order valence-corrected chi connectivity index (χ0v) is 16.9. The minimum atomic E-state index is -0.258. The third kappa shape index (κ3) is 3.23. The third-order valence-corrected chi connectivity index (χ3v) is 5.82. The smallest absolute Gasteiger partial charge is 0.291 e. The average Bonchev–Trinajstić information content (AvgIpc) is 3.41. The molecule has 4 aromatic heterocycles. The van der Waals surface area contributed by atoms with E-state index in [0.717, 1.165) is 5.56 Å². The van der Waals surface area contributed by atoms with E-state index in [4.69, 9.17) is 27.6 Å². The van der Waals surface area contributed by atoms with Crippen molar-refractivity contribution in [1.82, 2.24) is 19.6 Å². The van der Waals surface area contributed by atoms with Crippen LogP contribution in [0.25, 0.3) is 33.7 Å². The van der Waals surface area contributed by atoms with Crippen molar-refractivity contribution in [3.05, 3.63) is 85.5 Å². The van der Waals surface area contributed by atoms with Gasteiger partial charge in [-0.05, 0) is 36.4 Å². The molecule has 142 valence electrons. The Morgan fingerprint density at radius 1 is 1.03 bits per heavy atom. The first-order valence-electron chi connectivity index (χ1n) is 8.46. The average molecular weight is 441 g/mol. The van der Waals surface area contributed by atoms with Crippen LogP contribution in [-0.4, -0.2) is 19.6 Å². The minimum absolute atomic E-state index is 0.258. The highest BCUT2D eigenvalue weighted by molar-refractivity contribution is 7.15. The van der Waals surface area contributed by atoms with Crippen LogP contribution in [0.3, 0.4) is 0 Å². The van der Waals surface area contributed by atoms with E-state index in [1.807, 2.05) is 0 Å². The Kier molecular flexibility index (Phi) is 4.43. The highest BCUT2D eigenvalue weighted by Crippen LogP contribution is 2.35. The zero-order valence-electron chi connectivity index (χ0n) is 14.5. The summed E-state index contributed by atoms with van der Waals surface area (Å²) >= 11 is 13.7. The van der Waals surface area contributed by atoms with Crippen LogP contribution in [0.15, 0.2) is 64.1 Å². The first-order chi connectivity index (χ1) is 14.1. The van der Waals surface area contributed by atoms with Gasteiger partial charge in [0.05, 0.1) is 15.6 Å². The number of rotatable bonds is 3. The second-order valence-corrected chi connectivity index (χ2v) is 7.90. The van der Waals surface area contributed by atoms with Crippen LogP contribution in [0.4, 0.5) is 0 Å². The van der Waals surface area contributed by atoms with Crippen LogP contribution in [0.5, 0.6) is 0 Å². The number of nitrogens with zero attached hydrogens (tertiary/aromatic N) is 4. The zero-order chi connectivity index (χ0) is 20.0. The van der Waals surface area contributed by atoms with Crippen molar-refractivity contribution in [2.75, 3.05) is 0 Å². The molecule has 0 saturated carbocycles. The van der Waals surface area contributed by atoms with Gasteiger partial charge < -0.3 is 4.42 Å². The molecule has 0 atom stereocenters. The summed E-state index contributed by atoms with van der Waals surface area (Å²) in [5, 5.41) is 5.29. The second kappa shape index (κ2) is 7.11. The van der Waals surface area contributed by atoms with E-state index in [-0.39, 0.29) is 5.56 Å². The molecule has 6 nitrogen and oxygen atoms in total. The molecule has 0 aliphatic rings. The van der Waals surface area contributed by atoms with Crippen molar-refractivity contribution in [3.8, 4) is 22.7 Å². The van der Waals surface area contributed by atoms with Crippen LogP contribution in [-0.2, 0) is 0 Å². The van der Waals surface area contributed by atoms with Gasteiger partial charge in [-0.1, -0.05) is 40.6 Å². The largest absolute Gasteiger partial charge is 0.457 e. The van der Waals surface area contributed by atoms with E-state index in [1.165, 1.54) is 15.9 Å². The van der Waals surface area contributed by atoms with Gasteiger partial charge >= 0.3 is 0 Å². The van der Waals surface area contributed by atoms with Gasteiger partial charge in [0.1, 0.15) is 16.1 Å². The van der Waals surface area contributed by atoms with Crippen LogP contribution in [0.1, 0.15) is 5.76 Å². The Hall–Kier alpha value is -3.00. The van der Waals surface area contributed by atoms with Crippen molar-refractivity contribution in [1.29, 1.82) is 0 Å². The maximum Gasteiger partial charge on any atom is 0.291 e. The van der Waals surface area contributed by atoms with Crippen LogP contribution >= 0.6 is 34.5 Å². The molecular weight excluding hydrogens is 431 g/mol. The summed E-state index contributed by atoms with van der Waals surface area (Å²) < 4.78 is 7.60. The molecule has 0 spiro atoms. The van der Waals surface area contributed by atoms with Crippen molar-refractivity contribution < 1.29 is 4.42 Å². The lowest BCUT2D eigenvalue weighted by Gasteiger charge is -2.02. The number of hydrogen-bond donors (Lipinski definition) is 0. The molecule has 0 radical (unpaired) electrons. The normalized spacial score (nSPS) is 12.1. The van der Waals surface area contributed by atoms with Crippen molar-refractivity contribution in [2.24, 2.45) is 0 Å². The van der Waals surface area contributed by atoms with Gasteiger partial charge in [0.15, 0.2) is 5.82 Å². The molecule has 0 aliphatic carbocycles. The predicted octanol–water partition coefficient (Wildman–Crippen LogP) is 4.33. The highest BCUT2D eigenvalue weighted by atomic mass is 35.5.